The second-order valence-corrected chi connectivity index (χ2v) is 15.2. The number of amides is 1. The molecule has 0 unspecified atom stereocenters. The fourth-order valence-corrected chi connectivity index (χ4v) is 7.24. The van der Waals surface area contributed by atoms with Gasteiger partial charge in [-0.2, -0.15) is 4.98 Å². The van der Waals surface area contributed by atoms with Crippen molar-refractivity contribution < 1.29 is 13.2 Å². The SMILES string of the molecule is CCC(=O)Nc1cc(Nc2ncc(C)c(Nc3ccccc3S(=O)(=O)C(C)C)n2)c(C)cc1N1CCC(N2CCN(C)CC2)CC1. The monoisotopic (exact) mass is 648 g/mol. The zero-order chi connectivity index (χ0) is 33.0. The molecule has 0 saturated carbocycles. The number of aromatic nitrogens is 2. The van der Waals surface area contributed by atoms with E-state index in [1.54, 1.807) is 44.3 Å². The molecule has 2 aromatic carbocycles. The fraction of sp³-hybridized carbons (Fsp3) is 0.500. The molecular weight excluding hydrogens is 600 g/mol. The third-order valence-corrected chi connectivity index (χ3v) is 11.3. The lowest BCUT2D eigenvalue weighted by Gasteiger charge is -2.43. The number of piperazine rings is 1. The predicted molar refractivity (Wildman–Crippen MR) is 187 cm³/mol. The molecule has 3 N–H and O–H groups in total. The first-order valence-corrected chi connectivity index (χ1v) is 17.8. The molecule has 46 heavy (non-hydrogen) atoms. The largest absolute Gasteiger partial charge is 0.370 e. The number of rotatable bonds is 10. The number of hydrogen-bond donors (Lipinski definition) is 3. The van der Waals surface area contributed by atoms with Crippen LogP contribution in [0.1, 0.15) is 51.2 Å². The molecule has 0 bridgehead atoms. The standard InChI is InChI=1S/C34H48N8O3S/c1-7-32(43)36-29-21-28(24(4)20-30(29)42-14-12-26(13-15-42)41-18-16-40(6)17-19-41)38-34-35-22-25(5)33(39-34)37-27-10-8-9-11-31(27)46(44,45)23(2)3/h8-11,20-23,26H,7,12-19H2,1-6H3,(H,36,43)(H2,35,37,38,39). The number of benzene rings is 2. The van der Waals surface area contributed by atoms with Crippen molar-refractivity contribution in [2.24, 2.45) is 0 Å². The molecule has 2 aliphatic rings. The normalized spacial score (nSPS) is 16.9. The Hall–Kier alpha value is -3.74. The van der Waals surface area contributed by atoms with Gasteiger partial charge in [-0.05, 0) is 77.4 Å². The lowest BCUT2D eigenvalue weighted by atomic mass is 10.0. The van der Waals surface area contributed by atoms with Crippen LogP contribution in [-0.4, -0.2) is 91.7 Å². The van der Waals surface area contributed by atoms with Crippen LogP contribution in [0.2, 0.25) is 0 Å². The molecule has 12 heteroatoms. The van der Waals surface area contributed by atoms with Gasteiger partial charge in [0.05, 0.1) is 27.2 Å². The summed E-state index contributed by atoms with van der Waals surface area (Å²) in [5, 5.41) is 9.14. The van der Waals surface area contributed by atoms with E-state index in [1.165, 1.54) is 0 Å². The molecule has 11 nitrogen and oxygen atoms in total. The first kappa shape index (κ1) is 33.6. The Bertz CT molecular complexity index is 1650. The van der Waals surface area contributed by atoms with E-state index in [9.17, 15) is 13.2 Å². The Morgan fingerprint density at radius 3 is 2.30 bits per heavy atom. The smallest absolute Gasteiger partial charge is 0.229 e. The zero-order valence-corrected chi connectivity index (χ0v) is 28.7. The van der Waals surface area contributed by atoms with Crippen LogP contribution >= 0.6 is 0 Å². The number of likely N-dealkylation sites (N-methyl/N-ethyl adjacent to an activating group) is 1. The summed E-state index contributed by atoms with van der Waals surface area (Å²) < 4.78 is 26.0. The number of piperidine rings is 1. The molecule has 0 aliphatic carbocycles. The van der Waals surface area contributed by atoms with Gasteiger partial charge in [0.1, 0.15) is 5.82 Å². The number of para-hydroxylation sites is 1. The van der Waals surface area contributed by atoms with Crippen molar-refractivity contribution >= 4 is 50.3 Å². The highest BCUT2D eigenvalue weighted by Gasteiger charge is 2.28. The van der Waals surface area contributed by atoms with Crippen molar-refractivity contribution in [3.05, 3.63) is 53.7 Å². The van der Waals surface area contributed by atoms with Crippen molar-refractivity contribution in [1.82, 2.24) is 19.8 Å². The minimum Gasteiger partial charge on any atom is -0.370 e. The van der Waals surface area contributed by atoms with E-state index in [4.69, 9.17) is 4.98 Å². The molecule has 2 saturated heterocycles. The Morgan fingerprint density at radius 2 is 1.63 bits per heavy atom. The summed E-state index contributed by atoms with van der Waals surface area (Å²) in [6.07, 6.45) is 4.27. The molecule has 248 valence electrons. The number of aryl methyl sites for hydroxylation is 2. The molecule has 2 fully saturated rings. The van der Waals surface area contributed by atoms with E-state index in [0.29, 0.717) is 29.9 Å². The van der Waals surface area contributed by atoms with Gasteiger partial charge in [0.15, 0.2) is 9.84 Å². The molecule has 3 heterocycles. The van der Waals surface area contributed by atoms with E-state index in [-0.39, 0.29) is 10.8 Å². The first-order valence-electron chi connectivity index (χ1n) is 16.3. The van der Waals surface area contributed by atoms with Crippen molar-refractivity contribution in [2.45, 2.75) is 70.1 Å². The van der Waals surface area contributed by atoms with Gasteiger partial charge in [-0.15, -0.1) is 0 Å². The van der Waals surface area contributed by atoms with Gasteiger partial charge in [-0.3, -0.25) is 9.69 Å². The Balaban J connectivity index is 1.37. The molecule has 0 spiro atoms. The summed E-state index contributed by atoms with van der Waals surface area (Å²) in [5.74, 6) is 0.811. The lowest BCUT2D eigenvalue weighted by molar-refractivity contribution is -0.115. The van der Waals surface area contributed by atoms with Crippen molar-refractivity contribution in [1.29, 1.82) is 0 Å². The van der Waals surface area contributed by atoms with Crippen molar-refractivity contribution in [3.8, 4) is 0 Å². The molecule has 5 rings (SSSR count). The van der Waals surface area contributed by atoms with E-state index < -0.39 is 15.1 Å². The fourth-order valence-electron chi connectivity index (χ4n) is 6.04. The van der Waals surface area contributed by atoms with E-state index >= 15 is 0 Å². The molecular formula is C34H48N8O3S. The van der Waals surface area contributed by atoms with Crippen LogP contribution in [0.5, 0.6) is 0 Å². The third kappa shape index (κ3) is 7.62. The Labute approximate surface area is 273 Å². The second kappa shape index (κ2) is 14.4. The van der Waals surface area contributed by atoms with E-state index in [2.05, 4.69) is 48.7 Å². The second-order valence-electron chi connectivity index (χ2n) is 12.7. The molecule has 1 amide bonds. The van der Waals surface area contributed by atoms with Gasteiger partial charge in [0.25, 0.3) is 0 Å². The van der Waals surface area contributed by atoms with Crippen LogP contribution in [0.3, 0.4) is 0 Å². The number of anilines is 6. The van der Waals surface area contributed by atoms with Gasteiger partial charge >= 0.3 is 0 Å². The highest BCUT2D eigenvalue weighted by molar-refractivity contribution is 7.92. The summed E-state index contributed by atoms with van der Waals surface area (Å²) in [6, 6.07) is 11.6. The first-order chi connectivity index (χ1) is 22.0. The lowest BCUT2D eigenvalue weighted by Crippen LogP contribution is -2.52. The van der Waals surface area contributed by atoms with Gasteiger partial charge in [0.2, 0.25) is 11.9 Å². The van der Waals surface area contributed by atoms with Crippen LogP contribution in [0, 0.1) is 13.8 Å². The number of carbonyl (C=O) groups excluding carboxylic acids is 1. The van der Waals surface area contributed by atoms with Gasteiger partial charge < -0.3 is 25.8 Å². The molecule has 0 atom stereocenters. The summed E-state index contributed by atoms with van der Waals surface area (Å²) >= 11 is 0. The van der Waals surface area contributed by atoms with E-state index in [1.807, 2.05) is 26.8 Å². The summed E-state index contributed by atoms with van der Waals surface area (Å²) in [5.41, 5.74) is 4.79. The van der Waals surface area contributed by atoms with Gasteiger partial charge in [0, 0.05) is 69.2 Å². The van der Waals surface area contributed by atoms with Crippen LogP contribution < -0.4 is 20.9 Å². The average Bonchev–Trinajstić information content (AvgIpc) is 3.04. The highest BCUT2D eigenvalue weighted by Crippen LogP contribution is 2.36. The summed E-state index contributed by atoms with van der Waals surface area (Å²) in [4.78, 5) is 29.5. The predicted octanol–water partition coefficient (Wildman–Crippen LogP) is 5.33. The van der Waals surface area contributed by atoms with Crippen LogP contribution in [0.15, 0.2) is 47.5 Å². The molecule has 3 aromatic rings. The number of carbonyl (C=O) groups is 1. The maximum Gasteiger partial charge on any atom is 0.229 e. The summed E-state index contributed by atoms with van der Waals surface area (Å²) in [7, 11) is -1.32. The third-order valence-electron chi connectivity index (χ3n) is 9.08. The average molecular weight is 649 g/mol. The van der Waals surface area contributed by atoms with Crippen LogP contribution in [0.4, 0.5) is 34.5 Å². The molecule has 1 aromatic heterocycles. The maximum atomic E-state index is 13.0. The van der Waals surface area contributed by atoms with Crippen LogP contribution in [0.25, 0.3) is 0 Å². The summed E-state index contributed by atoms with van der Waals surface area (Å²) in [6.45, 7) is 15.5. The van der Waals surface area contributed by atoms with E-state index in [0.717, 1.165) is 80.3 Å². The minimum absolute atomic E-state index is 0.0449. The van der Waals surface area contributed by atoms with Gasteiger partial charge in [-0.1, -0.05) is 19.1 Å². The number of sulfone groups is 1. The Kier molecular flexibility index (Phi) is 10.5. The Morgan fingerprint density at radius 1 is 0.935 bits per heavy atom. The van der Waals surface area contributed by atoms with Crippen molar-refractivity contribution in [3.63, 3.8) is 0 Å². The quantitative estimate of drug-likeness (QED) is 0.266. The highest BCUT2D eigenvalue weighted by atomic mass is 32.2. The maximum absolute atomic E-state index is 13.0. The minimum atomic E-state index is -3.51. The molecule has 2 aliphatic heterocycles. The van der Waals surface area contributed by atoms with Gasteiger partial charge in [-0.25, -0.2) is 13.4 Å². The van der Waals surface area contributed by atoms with Crippen LogP contribution in [-0.2, 0) is 14.6 Å². The number of nitrogens with zero attached hydrogens (tertiary/aromatic N) is 5. The van der Waals surface area contributed by atoms with Crippen molar-refractivity contribution in [2.75, 3.05) is 67.2 Å². The topological polar surface area (TPSA) is 123 Å². The number of hydrogen-bond acceptors (Lipinski definition) is 10. The molecule has 0 radical (unpaired) electrons. The zero-order valence-electron chi connectivity index (χ0n) is 27.9. The number of nitrogens with one attached hydrogen (secondary N) is 3.